The van der Waals surface area contributed by atoms with Crippen molar-refractivity contribution >= 4 is 45.1 Å². The van der Waals surface area contributed by atoms with Gasteiger partial charge in [0, 0.05) is 4.88 Å². The van der Waals surface area contributed by atoms with E-state index in [9.17, 15) is 9.59 Å². The Hall–Kier alpha value is -1.87. The Morgan fingerprint density at radius 2 is 2.25 bits per heavy atom. The van der Waals surface area contributed by atoms with Crippen molar-refractivity contribution in [3.8, 4) is 0 Å². The molecule has 7 nitrogen and oxygen atoms in total. The molecule has 0 radical (unpaired) electrons. The monoisotopic (exact) mass is 364 g/mol. The highest BCUT2D eigenvalue weighted by atomic mass is 32.2. The summed E-state index contributed by atoms with van der Waals surface area (Å²) in [7, 11) is 0. The number of carbonyl (C=O) groups is 1. The van der Waals surface area contributed by atoms with Gasteiger partial charge in [0.25, 0.3) is 5.56 Å². The molecule has 3 aromatic rings. The van der Waals surface area contributed by atoms with Crippen LogP contribution in [0.25, 0.3) is 16.0 Å². The second-order valence-electron chi connectivity index (χ2n) is 5.54. The molecule has 3 aromatic heterocycles. The molecule has 126 valence electrons. The Labute approximate surface area is 145 Å². The van der Waals surface area contributed by atoms with Crippen LogP contribution in [0.2, 0.25) is 0 Å². The number of esters is 1. The van der Waals surface area contributed by atoms with Crippen molar-refractivity contribution in [1.82, 2.24) is 19.2 Å². The molecular weight excluding hydrogens is 348 g/mol. The fourth-order valence-electron chi connectivity index (χ4n) is 3.14. The smallest absolute Gasteiger partial charge is 0.327 e. The van der Waals surface area contributed by atoms with Gasteiger partial charge in [-0.2, -0.15) is 0 Å². The summed E-state index contributed by atoms with van der Waals surface area (Å²) in [5.41, 5.74) is 1.06. The quantitative estimate of drug-likeness (QED) is 0.520. The minimum absolute atomic E-state index is 0.0546. The lowest BCUT2D eigenvalue weighted by molar-refractivity contribution is -0.143. The van der Waals surface area contributed by atoms with E-state index in [-0.39, 0.29) is 12.1 Å². The largest absolute Gasteiger partial charge is 0.465 e. The zero-order chi connectivity index (χ0) is 16.8. The predicted octanol–water partition coefficient (Wildman–Crippen LogP) is 1.88. The summed E-state index contributed by atoms with van der Waals surface area (Å²) in [6.45, 7) is 2.01. The van der Waals surface area contributed by atoms with Gasteiger partial charge < -0.3 is 4.74 Å². The third-order valence-electron chi connectivity index (χ3n) is 4.12. The van der Waals surface area contributed by atoms with E-state index in [1.165, 1.54) is 25.7 Å². The highest BCUT2D eigenvalue weighted by Crippen LogP contribution is 2.35. The molecule has 4 rings (SSSR count). The molecule has 0 aromatic carbocycles. The van der Waals surface area contributed by atoms with E-state index in [0.717, 1.165) is 35.0 Å². The van der Waals surface area contributed by atoms with Crippen molar-refractivity contribution in [2.24, 2.45) is 0 Å². The standard InChI is InChI=1S/C15H16N4O3S2/c1-3-22-10(20)7-18-14-16-12-11(8-5-4-6-9(8)24-12)13(21)19(14)15(17-18)23-2/h3-7H2,1-2H3. The number of rotatable bonds is 4. The van der Waals surface area contributed by atoms with Crippen molar-refractivity contribution in [2.45, 2.75) is 37.9 Å². The van der Waals surface area contributed by atoms with E-state index in [1.54, 1.807) is 18.3 Å². The number of carbonyl (C=O) groups excluding carboxylic acids is 1. The molecule has 1 aliphatic rings. The summed E-state index contributed by atoms with van der Waals surface area (Å²) in [5, 5.41) is 5.62. The van der Waals surface area contributed by atoms with Gasteiger partial charge in [-0.05, 0) is 38.0 Å². The number of hydrogen-bond donors (Lipinski definition) is 0. The Balaban J connectivity index is 1.97. The van der Waals surface area contributed by atoms with Crippen LogP contribution in [0, 0.1) is 0 Å². The van der Waals surface area contributed by atoms with E-state index in [4.69, 9.17) is 4.74 Å². The maximum absolute atomic E-state index is 13.1. The lowest BCUT2D eigenvalue weighted by Gasteiger charge is -2.02. The van der Waals surface area contributed by atoms with Gasteiger partial charge in [0.15, 0.2) is 5.16 Å². The topological polar surface area (TPSA) is 78.5 Å². The van der Waals surface area contributed by atoms with E-state index >= 15 is 0 Å². The summed E-state index contributed by atoms with van der Waals surface area (Å²) in [6, 6.07) is 0. The first kappa shape index (κ1) is 15.6. The van der Waals surface area contributed by atoms with Crippen LogP contribution < -0.4 is 5.56 Å². The van der Waals surface area contributed by atoms with Crippen LogP contribution in [-0.2, 0) is 28.9 Å². The minimum atomic E-state index is -0.391. The maximum atomic E-state index is 13.1. The molecule has 24 heavy (non-hydrogen) atoms. The van der Waals surface area contributed by atoms with Crippen LogP contribution in [0.15, 0.2) is 9.95 Å². The lowest BCUT2D eigenvalue weighted by Crippen LogP contribution is -2.18. The van der Waals surface area contributed by atoms with E-state index < -0.39 is 5.97 Å². The molecule has 9 heteroatoms. The Bertz CT molecular complexity index is 1020. The third-order valence-corrected chi connectivity index (χ3v) is 5.93. The Kier molecular flexibility index (Phi) is 3.84. The van der Waals surface area contributed by atoms with Crippen molar-refractivity contribution < 1.29 is 9.53 Å². The van der Waals surface area contributed by atoms with Crippen LogP contribution >= 0.6 is 23.1 Å². The van der Waals surface area contributed by atoms with Crippen molar-refractivity contribution in [1.29, 1.82) is 0 Å². The van der Waals surface area contributed by atoms with E-state index in [1.807, 2.05) is 6.26 Å². The summed E-state index contributed by atoms with van der Waals surface area (Å²) in [4.78, 5) is 31.5. The molecule has 0 saturated heterocycles. The van der Waals surface area contributed by atoms with Gasteiger partial charge >= 0.3 is 5.97 Å². The number of thiophene rings is 1. The van der Waals surface area contributed by atoms with Gasteiger partial charge in [-0.25, -0.2) is 14.1 Å². The summed E-state index contributed by atoms with van der Waals surface area (Å²) < 4.78 is 7.95. The number of nitrogens with zero attached hydrogens (tertiary/aromatic N) is 4. The molecular formula is C15H16N4O3S2. The first-order valence-electron chi connectivity index (χ1n) is 7.77. The molecule has 3 heterocycles. The first-order valence-corrected chi connectivity index (χ1v) is 9.81. The van der Waals surface area contributed by atoms with Gasteiger partial charge in [-0.1, -0.05) is 11.8 Å². The molecule has 0 saturated carbocycles. The maximum Gasteiger partial charge on any atom is 0.327 e. The second kappa shape index (κ2) is 5.89. The predicted molar refractivity (Wildman–Crippen MR) is 93.1 cm³/mol. The molecule has 0 unspecified atom stereocenters. The van der Waals surface area contributed by atoms with Gasteiger partial charge in [0.2, 0.25) is 5.78 Å². The number of ether oxygens (including phenoxy) is 1. The summed E-state index contributed by atoms with van der Waals surface area (Å²) in [6.07, 6.45) is 4.90. The van der Waals surface area contributed by atoms with Crippen molar-refractivity contribution in [3.05, 3.63) is 20.8 Å². The SMILES string of the molecule is CCOC(=O)Cn1nc(SC)n2c(=O)c3c4c(sc3nc12)CCC4. The fraction of sp³-hybridized carbons (Fsp3) is 0.467. The molecule has 0 aliphatic heterocycles. The van der Waals surface area contributed by atoms with Gasteiger partial charge in [-0.3, -0.25) is 9.59 Å². The molecule has 0 amide bonds. The van der Waals surface area contributed by atoms with E-state index in [0.29, 0.717) is 17.5 Å². The first-order chi connectivity index (χ1) is 11.6. The number of hydrogen-bond acceptors (Lipinski definition) is 7. The molecule has 0 atom stereocenters. The number of aromatic nitrogens is 4. The molecule has 0 spiro atoms. The van der Waals surface area contributed by atoms with Crippen LogP contribution in [0.4, 0.5) is 0 Å². The minimum Gasteiger partial charge on any atom is -0.465 e. The highest BCUT2D eigenvalue weighted by Gasteiger charge is 2.24. The fourth-order valence-corrected chi connectivity index (χ4v) is 4.91. The highest BCUT2D eigenvalue weighted by molar-refractivity contribution is 7.98. The molecule has 0 N–H and O–H groups in total. The molecule has 1 aliphatic carbocycles. The van der Waals surface area contributed by atoms with Crippen LogP contribution in [0.3, 0.4) is 0 Å². The zero-order valence-electron chi connectivity index (χ0n) is 13.4. The second-order valence-corrected chi connectivity index (χ2v) is 7.40. The lowest BCUT2D eigenvalue weighted by atomic mass is 10.2. The zero-order valence-corrected chi connectivity index (χ0v) is 15.0. The normalized spacial score (nSPS) is 13.8. The summed E-state index contributed by atoms with van der Waals surface area (Å²) >= 11 is 2.94. The summed E-state index contributed by atoms with van der Waals surface area (Å²) in [5.74, 6) is 0.00278. The van der Waals surface area contributed by atoms with E-state index in [2.05, 4.69) is 10.1 Å². The number of aryl methyl sites for hydroxylation is 2. The average Bonchev–Trinajstić information content (AvgIpc) is 3.20. The number of thioether (sulfide) groups is 1. The van der Waals surface area contributed by atoms with Gasteiger partial charge in [0.05, 0.1) is 12.0 Å². The van der Waals surface area contributed by atoms with Crippen molar-refractivity contribution in [3.63, 3.8) is 0 Å². The van der Waals surface area contributed by atoms with Crippen LogP contribution in [0.1, 0.15) is 23.8 Å². The third kappa shape index (κ3) is 2.26. The Morgan fingerprint density at radius 1 is 1.42 bits per heavy atom. The van der Waals surface area contributed by atoms with Gasteiger partial charge in [0.1, 0.15) is 11.4 Å². The Morgan fingerprint density at radius 3 is 3.00 bits per heavy atom. The van der Waals surface area contributed by atoms with Crippen LogP contribution in [0.5, 0.6) is 0 Å². The molecule has 0 fully saturated rings. The van der Waals surface area contributed by atoms with Gasteiger partial charge in [-0.15, -0.1) is 16.4 Å². The van der Waals surface area contributed by atoms with Crippen LogP contribution in [-0.4, -0.2) is 38.0 Å². The van der Waals surface area contributed by atoms with Crippen molar-refractivity contribution in [2.75, 3.05) is 12.9 Å². The number of fused-ring (bicyclic) bond motifs is 4. The molecule has 0 bridgehead atoms. The average molecular weight is 364 g/mol.